The summed E-state index contributed by atoms with van der Waals surface area (Å²) in [5.41, 5.74) is 1.26. The van der Waals surface area contributed by atoms with Gasteiger partial charge in [0.1, 0.15) is 0 Å². The maximum atomic E-state index is 6.32. The summed E-state index contributed by atoms with van der Waals surface area (Å²) in [6.07, 6.45) is 3.96. The van der Waals surface area contributed by atoms with Gasteiger partial charge in [-0.3, -0.25) is 4.90 Å². The number of likely N-dealkylation sites (tertiary alicyclic amines) is 1. The maximum absolute atomic E-state index is 6.32. The van der Waals surface area contributed by atoms with E-state index in [1.54, 1.807) is 0 Å². The Bertz CT molecular complexity index is 424. The van der Waals surface area contributed by atoms with E-state index in [-0.39, 0.29) is 12.4 Å². The summed E-state index contributed by atoms with van der Waals surface area (Å²) >= 11 is 6.32. The van der Waals surface area contributed by atoms with Crippen molar-refractivity contribution in [1.29, 1.82) is 0 Å². The molecule has 4 heteroatoms. The molecule has 0 spiro atoms. The Morgan fingerprint density at radius 3 is 2.74 bits per heavy atom. The molecule has 0 radical (unpaired) electrons. The molecule has 2 aliphatic heterocycles. The van der Waals surface area contributed by atoms with Crippen LogP contribution in [0.2, 0.25) is 5.02 Å². The van der Waals surface area contributed by atoms with Gasteiger partial charge in [-0.1, -0.05) is 29.8 Å². The van der Waals surface area contributed by atoms with Gasteiger partial charge in [0.15, 0.2) is 0 Å². The van der Waals surface area contributed by atoms with E-state index < -0.39 is 0 Å². The zero-order valence-corrected chi connectivity index (χ0v) is 12.9. The van der Waals surface area contributed by atoms with Gasteiger partial charge >= 0.3 is 0 Å². The van der Waals surface area contributed by atoms with Gasteiger partial charge in [-0.2, -0.15) is 0 Å². The topological polar surface area (TPSA) is 15.3 Å². The van der Waals surface area contributed by atoms with Gasteiger partial charge in [-0.25, -0.2) is 0 Å². The number of hydrogen-bond donors (Lipinski definition) is 1. The van der Waals surface area contributed by atoms with Crippen LogP contribution in [0.3, 0.4) is 0 Å². The number of rotatable bonds is 2. The molecule has 1 N–H and O–H groups in total. The van der Waals surface area contributed by atoms with Crippen molar-refractivity contribution in [2.24, 2.45) is 0 Å². The van der Waals surface area contributed by atoms with Crippen molar-refractivity contribution in [2.75, 3.05) is 13.1 Å². The highest BCUT2D eigenvalue weighted by Gasteiger charge is 2.31. The third-order valence-corrected chi connectivity index (χ3v) is 4.80. The minimum atomic E-state index is 0. The molecule has 1 aromatic carbocycles. The molecule has 1 aromatic rings. The Morgan fingerprint density at radius 1 is 1.21 bits per heavy atom. The van der Waals surface area contributed by atoms with Crippen LogP contribution in [0.1, 0.15) is 37.8 Å². The summed E-state index contributed by atoms with van der Waals surface area (Å²) < 4.78 is 0. The molecular weight excluding hydrogens is 279 g/mol. The van der Waals surface area contributed by atoms with E-state index in [1.807, 2.05) is 12.1 Å². The summed E-state index contributed by atoms with van der Waals surface area (Å²) in [6, 6.07) is 10.1. The van der Waals surface area contributed by atoms with E-state index in [1.165, 1.54) is 31.4 Å². The largest absolute Gasteiger partial charge is 0.310 e. The van der Waals surface area contributed by atoms with Gasteiger partial charge in [0.25, 0.3) is 0 Å². The fraction of sp³-hybridized carbons (Fsp3) is 0.600. The monoisotopic (exact) mass is 300 g/mol. The molecular formula is C15H22Cl2N2. The average molecular weight is 301 g/mol. The normalized spacial score (nSPS) is 28.5. The molecule has 106 valence electrons. The average Bonchev–Trinajstić information content (AvgIpc) is 2.69. The van der Waals surface area contributed by atoms with Gasteiger partial charge in [0.05, 0.1) is 0 Å². The van der Waals surface area contributed by atoms with Gasteiger partial charge in [0, 0.05) is 36.2 Å². The lowest BCUT2D eigenvalue weighted by molar-refractivity contribution is 0.200. The first-order chi connectivity index (χ1) is 8.74. The fourth-order valence-corrected chi connectivity index (χ4v) is 3.63. The predicted octanol–water partition coefficient (Wildman–Crippen LogP) is 3.65. The van der Waals surface area contributed by atoms with Crippen LogP contribution in [0.15, 0.2) is 24.3 Å². The highest BCUT2D eigenvalue weighted by Crippen LogP contribution is 2.30. The zero-order chi connectivity index (χ0) is 12.5. The lowest BCUT2D eigenvalue weighted by atomic mass is 10.0. The van der Waals surface area contributed by atoms with Crippen LogP contribution in [0.5, 0.6) is 0 Å². The third-order valence-electron chi connectivity index (χ3n) is 4.46. The van der Waals surface area contributed by atoms with Crippen molar-refractivity contribution in [3.63, 3.8) is 0 Å². The number of halogens is 2. The van der Waals surface area contributed by atoms with E-state index in [2.05, 4.69) is 29.3 Å². The van der Waals surface area contributed by atoms with Crippen molar-refractivity contribution >= 4 is 24.0 Å². The van der Waals surface area contributed by atoms with Crippen molar-refractivity contribution in [1.82, 2.24) is 10.2 Å². The molecule has 2 fully saturated rings. The highest BCUT2D eigenvalue weighted by molar-refractivity contribution is 6.31. The Hall–Kier alpha value is -0.280. The smallest absolute Gasteiger partial charge is 0.0453 e. The fourth-order valence-electron chi connectivity index (χ4n) is 3.33. The Labute approximate surface area is 126 Å². The maximum Gasteiger partial charge on any atom is 0.0453 e. The van der Waals surface area contributed by atoms with Crippen LogP contribution >= 0.6 is 24.0 Å². The van der Waals surface area contributed by atoms with Crippen LogP contribution in [-0.4, -0.2) is 30.1 Å². The number of nitrogens with one attached hydrogen (secondary N) is 1. The molecule has 3 rings (SSSR count). The summed E-state index contributed by atoms with van der Waals surface area (Å²) in [5.74, 6) is 0. The summed E-state index contributed by atoms with van der Waals surface area (Å²) in [7, 11) is 0. The standard InChI is InChI=1S/C15H21ClN2.ClH/c1-11(14-4-2-3-5-15(14)16)18-9-8-12-6-7-13(10-18)17-12;/h2-5,11-13,17H,6-10H2,1H3;1H. The van der Waals surface area contributed by atoms with E-state index in [0.29, 0.717) is 12.1 Å². The lowest BCUT2D eigenvalue weighted by Gasteiger charge is -2.31. The minimum Gasteiger partial charge on any atom is -0.310 e. The number of fused-ring (bicyclic) bond motifs is 2. The third kappa shape index (κ3) is 3.25. The van der Waals surface area contributed by atoms with Crippen molar-refractivity contribution in [3.05, 3.63) is 34.9 Å². The van der Waals surface area contributed by atoms with Gasteiger partial charge < -0.3 is 5.32 Å². The van der Waals surface area contributed by atoms with E-state index in [9.17, 15) is 0 Å². The minimum absolute atomic E-state index is 0. The predicted molar refractivity (Wildman–Crippen MR) is 83.3 cm³/mol. The molecule has 3 atom stereocenters. The van der Waals surface area contributed by atoms with E-state index in [4.69, 9.17) is 11.6 Å². The molecule has 0 amide bonds. The van der Waals surface area contributed by atoms with Crippen LogP contribution < -0.4 is 5.32 Å². The Morgan fingerprint density at radius 2 is 1.95 bits per heavy atom. The number of nitrogens with zero attached hydrogens (tertiary/aromatic N) is 1. The summed E-state index contributed by atoms with van der Waals surface area (Å²) in [6.45, 7) is 4.61. The quantitative estimate of drug-likeness (QED) is 0.897. The lowest BCUT2D eigenvalue weighted by Crippen LogP contribution is -2.36. The Balaban J connectivity index is 0.00000133. The van der Waals surface area contributed by atoms with Crippen molar-refractivity contribution in [3.8, 4) is 0 Å². The van der Waals surface area contributed by atoms with Gasteiger partial charge in [-0.15, -0.1) is 12.4 Å². The Kier molecular flexibility index (Phi) is 5.13. The first-order valence-corrected chi connectivity index (χ1v) is 7.36. The summed E-state index contributed by atoms with van der Waals surface area (Å²) in [5, 5.41) is 4.62. The first-order valence-electron chi connectivity index (χ1n) is 6.98. The van der Waals surface area contributed by atoms with E-state index >= 15 is 0 Å². The molecule has 19 heavy (non-hydrogen) atoms. The SMILES string of the molecule is CC(c1ccccc1Cl)N1CCC2CCC(C1)N2.Cl. The van der Waals surface area contributed by atoms with Crippen LogP contribution in [-0.2, 0) is 0 Å². The molecule has 0 aliphatic carbocycles. The van der Waals surface area contributed by atoms with Crippen LogP contribution in [0, 0.1) is 0 Å². The van der Waals surface area contributed by atoms with Gasteiger partial charge in [0.2, 0.25) is 0 Å². The molecule has 2 nitrogen and oxygen atoms in total. The second-order valence-corrected chi connectivity index (χ2v) is 6.03. The number of hydrogen-bond acceptors (Lipinski definition) is 2. The molecule has 0 aromatic heterocycles. The van der Waals surface area contributed by atoms with Crippen LogP contribution in [0.25, 0.3) is 0 Å². The molecule has 2 bridgehead atoms. The number of benzene rings is 1. The second kappa shape index (κ2) is 6.45. The van der Waals surface area contributed by atoms with Gasteiger partial charge in [-0.05, 0) is 37.8 Å². The zero-order valence-electron chi connectivity index (χ0n) is 11.3. The molecule has 2 saturated heterocycles. The summed E-state index contributed by atoms with van der Waals surface area (Å²) in [4.78, 5) is 2.58. The highest BCUT2D eigenvalue weighted by atomic mass is 35.5. The molecule has 0 saturated carbocycles. The first kappa shape index (κ1) is 15.1. The molecule has 2 aliphatic rings. The van der Waals surface area contributed by atoms with Crippen LogP contribution in [0.4, 0.5) is 0 Å². The molecule has 2 heterocycles. The molecule has 3 unspecified atom stereocenters. The second-order valence-electron chi connectivity index (χ2n) is 5.62. The van der Waals surface area contributed by atoms with E-state index in [0.717, 1.165) is 17.6 Å². The van der Waals surface area contributed by atoms with Crippen molar-refractivity contribution in [2.45, 2.75) is 44.3 Å². The van der Waals surface area contributed by atoms with Crippen molar-refractivity contribution < 1.29 is 0 Å².